The minimum atomic E-state index is -0.292. The van der Waals surface area contributed by atoms with Crippen molar-refractivity contribution < 1.29 is 4.39 Å². The summed E-state index contributed by atoms with van der Waals surface area (Å²) in [5.74, 6) is -0.292. The standard InChI is InChI=1S/C7H8BrF/c1-3-4-7(9)5-6(2)8/h3-5H,2H2,1H3/b4-3-,7-5+. The molecular weight excluding hydrogens is 183 g/mol. The Balaban J connectivity index is 4.00. The highest BCUT2D eigenvalue weighted by Crippen LogP contribution is 2.08. The lowest BCUT2D eigenvalue weighted by atomic mass is 10.4. The van der Waals surface area contributed by atoms with Gasteiger partial charge in [-0.2, -0.15) is 0 Å². The van der Waals surface area contributed by atoms with Gasteiger partial charge in [0.05, 0.1) is 0 Å². The maximum absolute atomic E-state index is 12.3. The van der Waals surface area contributed by atoms with Gasteiger partial charge in [0, 0.05) is 4.48 Å². The molecule has 0 aromatic carbocycles. The van der Waals surface area contributed by atoms with Gasteiger partial charge in [-0.3, -0.25) is 0 Å². The van der Waals surface area contributed by atoms with E-state index in [-0.39, 0.29) is 5.83 Å². The molecule has 0 saturated heterocycles. The molecule has 0 aromatic rings. The van der Waals surface area contributed by atoms with Gasteiger partial charge in [0.2, 0.25) is 0 Å². The van der Waals surface area contributed by atoms with Crippen LogP contribution in [0, 0.1) is 0 Å². The van der Waals surface area contributed by atoms with E-state index in [9.17, 15) is 4.39 Å². The average molecular weight is 191 g/mol. The lowest BCUT2D eigenvalue weighted by Gasteiger charge is -1.83. The predicted molar refractivity (Wildman–Crippen MR) is 42.1 cm³/mol. The quantitative estimate of drug-likeness (QED) is 0.587. The fraction of sp³-hybridized carbons (Fsp3) is 0.143. The van der Waals surface area contributed by atoms with Crippen molar-refractivity contribution >= 4 is 15.9 Å². The number of hydrogen-bond donors (Lipinski definition) is 0. The molecule has 0 aliphatic rings. The number of allylic oxidation sites excluding steroid dienone is 5. The van der Waals surface area contributed by atoms with Crippen molar-refractivity contribution in [2.45, 2.75) is 6.92 Å². The number of halogens is 2. The summed E-state index contributed by atoms with van der Waals surface area (Å²) < 4.78 is 12.9. The highest BCUT2D eigenvalue weighted by molar-refractivity contribution is 9.11. The van der Waals surface area contributed by atoms with Gasteiger partial charge in [-0.25, -0.2) is 4.39 Å². The molecule has 0 heterocycles. The van der Waals surface area contributed by atoms with Gasteiger partial charge in [0.25, 0.3) is 0 Å². The molecule has 0 fully saturated rings. The third kappa shape index (κ3) is 5.50. The van der Waals surface area contributed by atoms with E-state index < -0.39 is 0 Å². The Morgan fingerprint density at radius 3 is 2.56 bits per heavy atom. The summed E-state index contributed by atoms with van der Waals surface area (Å²) >= 11 is 3.00. The Morgan fingerprint density at radius 2 is 2.22 bits per heavy atom. The first kappa shape index (κ1) is 8.63. The SMILES string of the molecule is C=C(Br)/C=C(F)\C=C/C. The maximum Gasteiger partial charge on any atom is 0.123 e. The van der Waals surface area contributed by atoms with E-state index in [1.54, 1.807) is 13.0 Å². The highest BCUT2D eigenvalue weighted by Gasteiger charge is 1.84. The van der Waals surface area contributed by atoms with Crippen LogP contribution in [0.5, 0.6) is 0 Å². The Bertz CT molecular complexity index is 156. The van der Waals surface area contributed by atoms with Crippen LogP contribution in [0.4, 0.5) is 4.39 Å². The van der Waals surface area contributed by atoms with Crippen LogP contribution < -0.4 is 0 Å². The molecular formula is C7H8BrF. The van der Waals surface area contributed by atoms with Crippen molar-refractivity contribution in [3.63, 3.8) is 0 Å². The molecule has 50 valence electrons. The third-order valence-electron chi connectivity index (χ3n) is 0.620. The second kappa shape index (κ2) is 4.50. The molecule has 0 nitrogen and oxygen atoms in total. The Kier molecular flexibility index (Phi) is 4.32. The van der Waals surface area contributed by atoms with Gasteiger partial charge < -0.3 is 0 Å². The second-order valence-corrected chi connectivity index (χ2v) is 2.49. The normalized spacial score (nSPS) is 12.6. The third-order valence-corrected chi connectivity index (χ3v) is 0.849. The van der Waals surface area contributed by atoms with Crippen LogP contribution in [0.25, 0.3) is 0 Å². The minimum absolute atomic E-state index is 0.292. The van der Waals surface area contributed by atoms with Crippen molar-refractivity contribution in [3.8, 4) is 0 Å². The maximum atomic E-state index is 12.3. The molecule has 0 amide bonds. The van der Waals surface area contributed by atoms with E-state index in [0.29, 0.717) is 4.48 Å². The predicted octanol–water partition coefficient (Wildman–Crippen LogP) is 3.32. The fourth-order valence-electron chi connectivity index (χ4n) is 0.357. The Labute approximate surface area is 62.9 Å². The topological polar surface area (TPSA) is 0 Å². The van der Waals surface area contributed by atoms with Gasteiger partial charge >= 0.3 is 0 Å². The molecule has 0 spiro atoms. The molecule has 0 saturated carbocycles. The largest absolute Gasteiger partial charge is 0.207 e. The van der Waals surface area contributed by atoms with Gasteiger partial charge in [0.1, 0.15) is 5.83 Å². The van der Waals surface area contributed by atoms with Crippen LogP contribution >= 0.6 is 15.9 Å². The lowest BCUT2D eigenvalue weighted by Crippen LogP contribution is -1.63. The van der Waals surface area contributed by atoms with Crippen LogP contribution in [0.2, 0.25) is 0 Å². The first-order valence-electron chi connectivity index (χ1n) is 2.51. The molecule has 0 aliphatic carbocycles. The smallest absolute Gasteiger partial charge is 0.123 e. The van der Waals surface area contributed by atoms with Gasteiger partial charge in [-0.15, -0.1) is 0 Å². The van der Waals surface area contributed by atoms with Crippen molar-refractivity contribution in [2.75, 3.05) is 0 Å². The molecule has 0 bridgehead atoms. The van der Waals surface area contributed by atoms with E-state index in [1.165, 1.54) is 12.2 Å². The molecule has 2 heteroatoms. The van der Waals surface area contributed by atoms with Crippen molar-refractivity contribution in [1.82, 2.24) is 0 Å². The Hall–Kier alpha value is -0.370. The summed E-state index contributed by atoms with van der Waals surface area (Å²) in [4.78, 5) is 0. The molecule has 0 radical (unpaired) electrons. The summed E-state index contributed by atoms with van der Waals surface area (Å²) in [7, 11) is 0. The van der Waals surface area contributed by atoms with E-state index in [1.807, 2.05) is 0 Å². The zero-order valence-electron chi connectivity index (χ0n) is 5.20. The van der Waals surface area contributed by atoms with Crippen molar-refractivity contribution in [2.24, 2.45) is 0 Å². The van der Waals surface area contributed by atoms with E-state index in [2.05, 4.69) is 22.5 Å². The summed E-state index contributed by atoms with van der Waals surface area (Å²) in [5.41, 5.74) is 0. The van der Waals surface area contributed by atoms with Crippen LogP contribution in [-0.2, 0) is 0 Å². The summed E-state index contributed by atoms with van der Waals surface area (Å²) in [6, 6.07) is 0. The van der Waals surface area contributed by atoms with Crippen LogP contribution in [0.15, 0.2) is 35.1 Å². The first-order valence-corrected chi connectivity index (χ1v) is 3.30. The molecule has 0 rings (SSSR count). The monoisotopic (exact) mass is 190 g/mol. The summed E-state index contributed by atoms with van der Waals surface area (Å²) in [6.45, 7) is 5.20. The van der Waals surface area contributed by atoms with E-state index >= 15 is 0 Å². The average Bonchev–Trinajstić information content (AvgIpc) is 1.63. The van der Waals surface area contributed by atoms with E-state index in [4.69, 9.17) is 0 Å². The summed E-state index contributed by atoms with van der Waals surface area (Å²) in [5, 5.41) is 0. The van der Waals surface area contributed by atoms with Crippen molar-refractivity contribution in [3.05, 3.63) is 35.1 Å². The van der Waals surface area contributed by atoms with Gasteiger partial charge in [0.15, 0.2) is 0 Å². The molecule has 0 N–H and O–H groups in total. The lowest BCUT2D eigenvalue weighted by molar-refractivity contribution is 0.667. The molecule has 0 aromatic heterocycles. The number of hydrogen-bond acceptors (Lipinski definition) is 0. The van der Waals surface area contributed by atoms with Gasteiger partial charge in [-0.05, 0) is 19.1 Å². The zero-order chi connectivity index (χ0) is 7.28. The fourth-order valence-corrected chi connectivity index (χ4v) is 0.576. The first-order chi connectivity index (χ1) is 4.16. The minimum Gasteiger partial charge on any atom is -0.207 e. The van der Waals surface area contributed by atoms with Crippen LogP contribution in [0.1, 0.15) is 6.92 Å². The van der Waals surface area contributed by atoms with Crippen LogP contribution in [0.3, 0.4) is 0 Å². The zero-order valence-corrected chi connectivity index (χ0v) is 6.78. The van der Waals surface area contributed by atoms with Crippen molar-refractivity contribution in [1.29, 1.82) is 0 Å². The number of rotatable bonds is 2. The molecule has 0 aliphatic heterocycles. The molecule has 0 atom stereocenters. The summed E-state index contributed by atoms with van der Waals surface area (Å²) in [6.07, 6.45) is 4.30. The Morgan fingerprint density at radius 1 is 1.67 bits per heavy atom. The molecule has 0 unspecified atom stereocenters. The van der Waals surface area contributed by atoms with Gasteiger partial charge in [-0.1, -0.05) is 28.6 Å². The second-order valence-electron chi connectivity index (χ2n) is 1.48. The van der Waals surface area contributed by atoms with E-state index in [0.717, 1.165) is 0 Å². The van der Waals surface area contributed by atoms with Crippen LogP contribution in [-0.4, -0.2) is 0 Å². The molecule has 9 heavy (non-hydrogen) atoms. The highest BCUT2D eigenvalue weighted by atomic mass is 79.9.